The Hall–Kier alpha value is -0.850. The summed E-state index contributed by atoms with van der Waals surface area (Å²) in [5.74, 6) is -3.87. The summed E-state index contributed by atoms with van der Waals surface area (Å²) in [6.45, 7) is -0.231. The average Bonchev–Trinajstić information content (AvgIpc) is 2.38. The lowest BCUT2D eigenvalue weighted by Crippen LogP contribution is -2.48. The molecular formula is C12H17F4NO2. The normalized spacial score (nSPS) is 28.7. The van der Waals surface area contributed by atoms with Gasteiger partial charge in [-0.1, -0.05) is 0 Å². The topological polar surface area (TPSA) is 29.5 Å². The van der Waals surface area contributed by atoms with Gasteiger partial charge in [0.05, 0.1) is 0 Å². The maximum atomic E-state index is 12.9. The highest BCUT2D eigenvalue weighted by molar-refractivity contribution is 5.81. The van der Waals surface area contributed by atoms with E-state index in [4.69, 9.17) is 4.74 Å². The number of ether oxygens (including phenoxy) is 1. The van der Waals surface area contributed by atoms with Gasteiger partial charge in [-0.3, -0.25) is 4.79 Å². The molecule has 2 aliphatic rings. The molecule has 2 aliphatic heterocycles. The van der Waals surface area contributed by atoms with Gasteiger partial charge < -0.3 is 9.64 Å². The van der Waals surface area contributed by atoms with Crippen LogP contribution in [0.1, 0.15) is 25.7 Å². The van der Waals surface area contributed by atoms with Gasteiger partial charge in [0.15, 0.2) is 0 Å². The molecule has 2 fully saturated rings. The monoisotopic (exact) mass is 283 g/mol. The molecule has 0 radical (unpaired) electrons. The van der Waals surface area contributed by atoms with Crippen molar-refractivity contribution in [1.29, 1.82) is 0 Å². The molecule has 3 nitrogen and oxygen atoms in total. The Balaban J connectivity index is 1.82. The van der Waals surface area contributed by atoms with E-state index >= 15 is 0 Å². The minimum Gasteiger partial charge on any atom is -0.362 e. The molecule has 0 aliphatic carbocycles. The predicted octanol–water partition coefficient (Wildman–Crippen LogP) is 2.30. The SMILES string of the molecule is O=C(C1CCC(F)(F)CO1)N1CCC(C(F)F)CC1. The van der Waals surface area contributed by atoms with E-state index in [9.17, 15) is 22.4 Å². The number of hydrogen-bond acceptors (Lipinski definition) is 2. The van der Waals surface area contributed by atoms with Crippen LogP contribution >= 0.6 is 0 Å². The molecule has 0 aromatic heterocycles. The van der Waals surface area contributed by atoms with Crippen molar-refractivity contribution in [3.05, 3.63) is 0 Å². The molecule has 1 atom stereocenters. The van der Waals surface area contributed by atoms with E-state index < -0.39 is 31.0 Å². The summed E-state index contributed by atoms with van der Waals surface area (Å²) >= 11 is 0. The Morgan fingerprint density at radius 1 is 1.21 bits per heavy atom. The lowest BCUT2D eigenvalue weighted by atomic mass is 9.96. The van der Waals surface area contributed by atoms with Crippen molar-refractivity contribution in [3.8, 4) is 0 Å². The van der Waals surface area contributed by atoms with E-state index in [0.29, 0.717) is 0 Å². The fourth-order valence-corrected chi connectivity index (χ4v) is 2.49. The first kappa shape index (κ1) is 14.6. The number of carbonyl (C=O) groups excluding carboxylic acids is 1. The van der Waals surface area contributed by atoms with Gasteiger partial charge in [0.1, 0.15) is 12.7 Å². The van der Waals surface area contributed by atoms with Crippen LogP contribution in [0.15, 0.2) is 0 Å². The van der Waals surface area contributed by atoms with Crippen molar-refractivity contribution in [2.45, 2.75) is 44.1 Å². The van der Waals surface area contributed by atoms with Gasteiger partial charge in [0.25, 0.3) is 11.8 Å². The summed E-state index contributed by atoms with van der Waals surface area (Å²) in [6, 6.07) is 0. The van der Waals surface area contributed by atoms with Crippen molar-refractivity contribution >= 4 is 5.91 Å². The fourth-order valence-electron chi connectivity index (χ4n) is 2.49. The Morgan fingerprint density at radius 2 is 1.84 bits per heavy atom. The number of halogens is 4. The Kier molecular flexibility index (Phi) is 4.32. The molecule has 0 aromatic rings. The molecule has 0 spiro atoms. The summed E-state index contributed by atoms with van der Waals surface area (Å²) in [5.41, 5.74) is 0. The van der Waals surface area contributed by atoms with Crippen LogP contribution in [0.5, 0.6) is 0 Å². The zero-order valence-corrected chi connectivity index (χ0v) is 10.5. The van der Waals surface area contributed by atoms with Crippen LogP contribution in [0.2, 0.25) is 0 Å². The number of carbonyl (C=O) groups is 1. The van der Waals surface area contributed by atoms with E-state index in [1.807, 2.05) is 0 Å². The number of rotatable bonds is 2. The standard InChI is InChI=1S/C12H17F4NO2/c13-10(14)8-2-5-17(6-3-8)11(18)9-1-4-12(15,16)7-19-9/h8-10H,1-7H2. The zero-order valence-electron chi connectivity index (χ0n) is 10.5. The van der Waals surface area contributed by atoms with E-state index in [1.165, 1.54) is 4.90 Å². The number of piperidine rings is 1. The molecule has 7 heteroatoms. The highest BCUT2D eigenvalue weighted by Crippen LogP contribution is 2.30. The van der Waals surface area contributed by atoms with Crippen LogP contribution in [0.4, 0.5) is 17.6 Å². The Morgan fingerprint density at radius 3 is 2.32 bits per heavy atom. The van der Waals surface area contributed by atoms with Gasteiger partial charge in [-0.05, 0) is 19.3 Å². The quantitative estimate of drug-likeness (QED) is 0.728. The second-order valence-corrected chi connectivity index (χ2v) is 5.19. The molecule has 0 bridgehead atoms. The lowest BCUT2D eigenvalue weighted by molar-refractivity contribution is -0.171. The van der Waals surface area contributed by atoms with Gasteiger partial charge in [0, 0.05) is 25.4 Å². The van der Waals surface area contributed by atoms with Crippen molar-refractivity contribution in [3.63, 3.8) is 0 Å². The highest BCUT2D eigenvalue weighted by Gasteiger charge is 2.40. The molecule has 2 rings (SSSR count). The van der Waals surface area contributed by atoms with Crippen molar-refractivity contribution < 1.29 is 27.1 Å². The summed E-state index contributed by atoms with van der Waals surface area (Å²) in [4.78, 5) is 13.5. The molecule has 1 amide bonds. The largest absolute Gasteiger partial charge is 0.362 e. The number of hydrogen-bond donors (Lipinski definition) is 0. The van der Waals surface area contributed by atoms with Crippen LogP contribution in [-0.4, -0.2) is 49.0 Å². The third-order valence-corrected chi connectivity index (χ3v) is 3.75. The van der Waals surface area contributed by atoms with Gasteiger partial charge in [0.2, 0.25) is 6.43 Å². The predicted molar refractivity (Wildman–Crippen MR) is 59.2 cm³/mol. The Labute approximate surface area is 108 Å². The molecule has 0 saturated carbocycles. The van der Waals surface area contributed by atoms with E-state index in [-0.39, 0.29) is 44.7 Å². The van der Waals surface area contributed by atoms with Gasteiger partial charge in [-0.25, -0.2) is 17.6 Å². The van der Waals surface area contributed by atoms with E-state index in [0.717, 1.165) is 0 Å². The van der Waals surface area contributed by atoms with Crippen LogP contribution < -0.4 is 0 Å². The maximum Gasteiger partial charge on any atom is 0.271 e. The number of alkyl halides is 4. The van der Waals surface area contributed by atoms with E-state index in [1.54, 1.807) is 0 Å². The summed E-state index contributed by atoms with van der Waals surface area (Å²) < 4.78 is 55.6. The minimum atomic E-state index is -2.86. The van der Waals surface area contributed by atoms with Gasteiger partial charge >= 0.3 is 0 Å². The third-order valence-electron chi connectivity index (χ3n) is 3.75. The van der Waals surface area contributed by atoms with Crippen LogP contribution in [0, 0.1) is 5.92 Å². The average molecular weight is 283 g/mol. The fraction of sp³-hybridized carbons (Fsp3) is 0.917. The Bertz CT molecular complexity index is 320. The second-order valence-electron chi connectivity index (χ2n) is 5.19. The molecule has 19 heavy (non-hydrogen) atoms. The van der Waals surface area contributed by atoms with Crippen molar-refractivity contribution in [1.82, 2.24) is 4.90 Å². The number of amides is 1. The van der Waals surface area contributed by atoms with Crippen molar-refractivity contribution in [2.24, 2.45) is 5.92 Å². The first-order chi connectivity index (χ1) is 8.89. The van der Waals surface area contributed by atoms with Crippen LogP contribution in [0.3, 0.4) is 0 Å². The minimum absolute atomic E-state index is 0.0133. The molecule has 2 saturated heterocycles. The summed E-state index contributed by atoms with van der Waals surface area (Å²) in [7, 11) is 0. The van der Waals surface area contributed by atoms with Gasteiger partial charge in [-0.2, -0.15) is 0 Å². The number of likely N-dealkylation sites (tertiary alicyclic amines) is 1. The molecule has 2 heterocycles. The lowest BCUT2D eigenvalue weighted by Gasteiger charge is -2.36. The smallest absolute Gasteiger partial charge is 0.271 e. The molecule has 0 aromatic carbocycles. The highest BCUT2D eigenvalue weighted by atomic mass is 19.3. The molecular weight excluding hydrogens is 266 g/mol. The number of nitrogens with zero attached hydrogens (tertiary/aromatic N) is 1. The van der Waals surface area contributed by atoms with Crippen LogP contribution in [-0.2, 0) is 9.53 Å². The van der Waals surface area contributed by atoms with Crippen LogP contribution in [0.25, 0.3) is 0 Å². The first-order valence-corrected chi connectivity index (χ1v) is 6.45. The summed E-state index contributed by atoms with van der Waals surface area (Å²) in [6.07, 6.45) is -3.07. The maximum absolute atomic E-state index is 12.9. The molecule has 0 N–H and O–H groups in total. The third kappa shape index (κ3) is 3.58. The first-order valence-electron chi connectivity index (χ1n) is 6.45. The molecule has 110 valence electrons. The van der Waals surface area contributed by atoms with E-state index in [2.05, 4.69) is 0 Å². The second kappa shape index (κ2) is 5.64. The summed E-state index contributed by atoms with van der Waals surface area (Å²) in [5, 5.41) is 0. The molecule has 1 unspecified atom stereocenters. The van der Waals surface area contributed by atoms with Gasteiger partial charge in [-0.15, -0.1) is 0 Å². The van der Waals surface area contributed by atoms with Crippen molar-refractivity contribution in [2.75, 3.05) is 19.7 Å². The zero-order chi connectivity index (χ0) is 14.0.